The molecule has 0 radical (unpaired) electrons. The van der Waals surface area contributed by atoms with E-state index in [9.17, 15) is 18.0 Å². The van der Waals surface area contributed by atoms with Crippen LogP contribution >= 0.6 is 0 Å². The number of pyridine rings is 1. The number of hydrogen-bond donors (Lipinski definition) is 1. The number of ether oxygens (including phenoxy) is 1. The Labute approximate surface area is 113 Å². The fourth-order valence-corrected chi connectivity index (χ4v) is 2.03. The molecule has 0 unspecified atom stereocenters. The molecule has 2 rings (SSSR count). The van der Waals surface area contributed by atoms with Crippen LogP contribution in [0.25, 0.3) is 0 Å². The molecular formula is C12H13F3N2O3. The summed E-state index contributed by atoms with van der Waals surface area (Å²) in [6.07, 6.45) is -3.66. The maximum absolute atomic E-state index is 12.7. The molecule has 1 aromatic rings. The van der Waals surface area contributed by atoms with Gasteiger partial charge in [0.15, 0.2) is 11.4 Å². The van der Waals surface area contributed by atoms with Crippen molar-refractivity contribution in [2.24, 2.45) is 0 Å². The molecule has 1 saturated heterocycles. The quantitative estimate of drug-likeness (QED) is 0.904. The van der Waals surface area contributed by atoms with Crippen molar-refractivity contribution >= 4 is 5.91 Å². The predicted molar refractivity (Wildman–Crippen MR) is 61.9 cm³/mol. The van der Waals surface area contributed by atoms with E-state index in [4.69, 9.17) is 9.84 Å². The number of likely N-dealkylation sites (tertiary alicyclic amines) is 1. The Hall–Kier alpha value is -1.83. The van der Waals surface area contributed by atoms with Crippen molar-refractivity contribution in [1.82, 2.24) is 9.88 Å². The minimum atomic E-state index is -4.59. The lowest BCUT2D eigenvalue weighted by molar-refractivity contribution is -0.143. The predicted octanol–water partition coefficient (Wildman–Crippen LogP) is 1.07. The van der Waals surface area contributed by atoms with E-state index in [0.717, 1.165) is 6.20 Å². The average Bonchev–Trinajstić information content (AvgIpc) is 2.86. The molecule has 0 spiro atoms. The maximum atomic E-state index is 12.7. The van der Waals surface area contributed by atoms with Gasteiger partial charge in [0.2, 0.25) is 5.91 Å². The molecule has 1 atom stereocenters. The molecule has 0 bridgehead atoms. The van der Waals surface area contributed by atoms with Gasteiger partial charge < -0.3 is 14.7 Å². The topological polar surface area (TPSA) is 62.7 Å². The summed E-state index contributed by atoms with van der Waals surface area (Å²) in [6.45, 7) is -0.106. The summed E-state index contributed by atoms with van der Waals surface area (Å²) in [5, 5.41) is 8.73. The highest BCUT2D eigenvalue weighted by Crippen LogP contribution is 2.35. The zero-order valence-electron chi connectivity index (χ0n) is 10.4. The molecule has 1 aliphatic rings. The molecule has 1 fully saturated rings. The van der Waals surface area contributed by atoms with Gasteiger partial charge in [-0.1, -0.05) is 0 Å². The van der Waals surface area contributed by atoms with Gasteiger partial charge >= 0.3 is 6.18 Å². The first kappa shape index (κ1) is 14.6. The van der Waals surface area contributed by atoms with Gasteiger partial charge in [0.1, 0.15) is 12.7 Å². The number of alkyl halides is 3. The van der Waals surface area contributed by atoms with Gasteiger partial charge in [-0.05, 0) is 12.1 Å². The van der Waals surface area contributed by atoms with Crippen LogP contribution in [0.2, 0.25) is 0 Å². The first-order valence-corrected chi connectivity index (χ1v) is 5.99. The van der Waals surface area contributed by atoms with E-state index in [-0.39, 0.29) is 12.3 Å². The zero-order chi connectivity index (χ0) is 14.8. The molecule has 8 heteroatoms. The van der Waals surface area contributed by atoms with E-state index >= 15 is 0 Å². The van der Waals surface area contributed by atoms with E-state index in [1.165, 1.54) is 17.0 Å². The number of halogens is 3. The Morgan fingerprint density at radius 1 is 1.55 bits per heavy atom. The molecule has 5 nitrogen and oxygen atoms in total. The molecule has 1 aliphatic heterocycles. The number of carbonyl (C=O) groups excluding carboxylic acids is 1. The lowest BCUT2D eigenvalue weighted by Crippen LogP contribution is -2.33. The molecule has 20 heavy (non-hydrogen) atoms. The van der Waals surface area contributed by atoms with E-state index in [1.807, 2.05) is 0 Å². The van der Waals surface area contributed by atoms with E-state index in [2.05, 4.69) is 4.98 Å². The number of carbonyl (C=O) groups is 1. The molecule has 0 saturated carbocycles. The van der Waals surface area contributed by atoms with Gasteiger partial charge in [-0.2, -0.15) is 13.2 Å². The second kappa shape index (κ2) is 5.66. The summed E-state index contributed by atoms with van der Waals surface area (Å²) in [5.74, 6) is -0.804. The second-order valence-corrected chi connectivity index (χ2v) is 4.37. The number of aromatic nitrogens is 1. The van der Waals surface area contributed by atoms with Crippen molar-refractivity contribution in [3.63, 3.8) is 0 Å². The van der Waals surface area contributed by atoms with Crippen LogP contribution in [-0.2, 0) is 11.0 Å². The number of rotatable bonds is 3. The van der Waals surface area contributed by atoms with E-state index < -0.39 is 30.5 Å². The normalized spacial score (nSPS) is 19.2. The summed E-state index contributed by atoms with van der Waals surface area (Å²) in [5.41, 5.74) is -1.08. The van der Waals surface area contributed by atoms with Crippen LogP contribution in [-0.4, -0.2) is 46.7 Å². The summed E-state index contributed by atoms with van der Waals surface area (Å²) >= 11 is 0. The smallest absolute Gasteiger partial charge is 0.437 e. The third-order valence-corrected chi connectivity index (χ3v) is 2.97. The monoisotopic (exact) mass is 290 g/mol. The van der Waals surface area contributed by atoms with Crippen molar-refractivity contribution in [3.8, 4) is 5.75 Å². The minimum Gasteiger partial charge on any atom is -0.486 e. The first-order chi connectivity index (χ1) is 9.41. The Balaban J connectivity index is 2.07. The standard InChI is InChI=1S/C12H13F3N2O3/c13-12(14,15)11-9(2-1-4-16-11)20-8-3-5-17(6-8)10(19)7-18/h1-2,4,8,18H,3,5-7H2/t8-/m0/s1. The van der Waals surface area contributed by atoms with E-state index in [0.29, 0.717) is 13.0 Å². The molecule has 2 heterocycles. The number of nitrogens with zero attached hydrogens (tertiary/aromatic N) is 2. The largest absolute Gasteiger partial charge is 0.486 e. The van der Waals surface area contributed by atoms with Crippen molar-refractivity contribution in [1.29, 1.82) is 0 Å². The Morgan fingerprint density at radius 3 is 2.95 bits per heavy atom. The highest BCUT2D eigenvalue weighted by atomic mass is 19.4. The first-order valence-electron chi connectivity index (χ1n) is 5.99. The van der Waals surface area contributed by atoms with Gasteiger partial charge in [0, 0.05) is 19.2 Å². The molecule has 0 aromatic carbocycles. The maximum Gasteiger partial charge on any atom is 0.437 e. The Morgan fingerprint density at radius 2 is 2.30 bits per heavy atom. The molecule has 1 N–H and O–H groups in total. The zero-order valence-corrected chi connectivity index (χ0v) is 10.4. The van der Waals surface area contributed by atoms with Crippen LogP contribution in [0.15, 0.2) is 18.3 Å². The molecule has 1 amide bonds. The summed E-state index contributed by atoms with van der Waals surface area (Å²) in [6, 6.07) is 2.56. The lowest BCUT2D eigenvalue weighted by Gasteiger charge is -2.18. The number of aliphatic hydroxyl groups is 1. The third-order valence-electron chi connectivity index (χ3n) is 2.97. The fourth-order valence-electron chi connectivity index (χ4n) is 2.03. The van der Waals surface area contributed by atoms with Crippen LogP contribution in [0.1, 0.15) is 12.1 Å². The van der Waals surface area contributed by atoms with Crippen LogP contribution in [0.4, 0.5) is 13.2 Å². The summed E-state index contributed by atoms with van der Waals surface area (Å²) < 4.78 is 43.5. The summed E-state index contributed by atoms with van der Waals surface area (Å²) in [7, 11) is 0. The van der Waals surface area contributed by atoms with Gasteiger partial charge in [0.05, 0.1) is 6.54 Å². The van der Waals surface area contributed by atoms with Crippen molar-refractivity contribution < 1.29 is 27.8 Å². The highest BCUT2D eigenvalue weighted by molar-refractivity contribution is 5.77. The van der Waals surface area contributed by atoms with Crippen molar-refractivity contribution in [2.75, 3.05) is 19.7 Å². The van der Waals surface area contributed by atoms with Crippen LogP contribution in [0.5, 0.6) is 5.75 Å². The fraction of sp³-hybridized carbons (Fsp3) is 0.500. The van der Waals surface area contributed by atoms with Crippen LogP contribution in [0, 0.1) is 0 Å². The molecule has 0 aliphatic carbocycles. The van der Waals surface area contributed by atoms with Gasteiger partial charge in [0.25, 0.3) is 0 Å². The van der Waals surface area contributed by atoms with Crippen molar-refractivity contribution in [2.45, 2.75) is 18.7 Å². The van der Waals surface area contributed by atoms with E-state index in [1.54, 1.807) is 0 Å². The third kappa shape index (κ3) is 3.19. The second-order valence-electron chi connectivity index (χ2n) is 4.37. The number of amides is 1. The van der Waals surface area contributed by atoms with Crippen LogP contribution in [0.3, 0.4) is 0 Å². The average molecular weight is 290 g/mol. The van der Waals surface area contributed by atoms with Gasteiger partial charge in [-0.15, -0.1) is 0 Å². The molecular weight excluding hydrogens is 277 g/mol. The summed E-state index contributed by atoms with van der Waals surface area (Å²) in [4.78, 5) is 15.9. The Bertz CT molecular complexity index is 493. The lowest BCUT2D eigenvalue weighted by atomic mass is 10.3. The number of hydrogen-bond acceptors (Lipinski definition) is 4. The van der Waals surface area contributed by atoms with Crippen molar-refractivity contribution in [3.05, 3.63) is 24.0 Å². The van der Waals surface area contributed by atoms with Gasteiger partial charge in [-0.3, -0.25) is 4.79 Å². The van der Waals surface area contributed by atoms with Gasteiger partial charge in [-0.25, -0.2) is 4.98 Å². The van der Waals surface area contributed by atoms with Crippen LogP contribution < -0.4 is 4.74 Å². The highest BCUT2D eigenvalue weighted by Gasteiger charge is 2.37. The minimum absolute atomic E-state index is 0.158. The Kier molecular flexibility index (Phi) is 4.12. The molecule has 110 valence electrons. The number of aliphatic hydroxyl groups excluding tert-OH is 1. The SMILES string of the molecule is O=C(CO)N1CC[C@H](Oc2cccnc2C(F)(F)F)C1. The molecule has 1 aromatic heterocycles.